The molecule has 0 saturated carbocycles. The van der Waals surface area contributed by atoms with Crippen LogP contribution in [0.1, 0.15) is 19.3 Å². The fourth-order valence-electron chi connectivity index (χ4n) is 2.34. The molecule has 0 unspecified atom stereocenters. The first-order valence-electron chi connectivity index (χ1n) is 7.14. The van der Waals surface area contributed by atoms with E-state index in [0.29, 0.717) is 31.0 Å². The Labute approximate surface area is 145 Å². The Bertz CT molecular complexity index is 650. The number of hydrogen-bond donors (Lipinski definition) is 1. The van der Waals surface area contributed by atoms with Crippen molar-refractivity contribution in [1.29, 1.82) is 5.41 Å². The Kier molecular flexibility index (Phi) is 6.18. The van der Waals surface area contributed by atoms with Crippen LogP contribution in [-0.4, -0.2) is 40.9 Å². The minimum atomic E-state index is -0.333. The van der Waals surface area contributed by atoms with Gasteiger partial charge < -0.3 is 9.64 Å². The van der Waals surface area contributed by atoms with Gasteiger partial charge in [0.15, 0.2) is 23.2 Å². The first kappa shape index (κ1) is 17.5. The number of rotatable bonds is 5. The molecule has 23 heavy (non-hydrogen) atoms. The SMILES string of the molecule is CN1C(=S)[C@@H](CCCC(=O)C(=N)N=CCl)COc2cccnc21. The van der Waals surface area contributed by atoms with Gasteiger partial charge in [-0.2, -0.15) is 0 Å². The van der Waals surface area contributed by atoms with Crippen LogP contribution in [0.15, 0.2) is 23.3 Å². The van der Waals surface area contributed by atoms with Gasteiger partial charge in [0.25, 0.3) is 0 Å². The van der Waals surface area contributed by atoms with E-state index < -0.39 is 0 Å². The van der Waals surface area contributed by atoms with Crippen LogP contribution in [0, 0.1) is 11.3 Å². The summed E-state index contributed by atoms with van der Waals surface area (Å²) in [4.78, 5) is 22.0. The third-order valence-electron chi connectivity index (χ3n) is 3.59. The third-order valence-corrected chi connectivity index (χ3v) is 4.29. The third kappa shape index (κ3) is 4.33. The molecule has 1 aliphatic heterocycles. The highest BCUT2D eigenvalue weighted by molar-refractivity contribution is 7.80. The maximum absolute atomic E-state index is 11.7. The lowest BCUT2D eigenvalue weighted by atomic mass is 10.0. The van der Waals surface area contributed by atoms with Crippen LogP contribution in [0.5, 0.6) is 5.75 Å². The summed E-state index contributed by atoms with van der Waals surface area (Å²) in [7, 11) is 1.87. The first-order chi connectivity index (χ1) is 11.0. The molecule has 0 radical (unpaired) electrons. The molecule has 1 aromatic heterocycles. The Hall–Kier alpha value is -1.86. The molecule has 2 heterocycles. The number of nitrogens with zero attached hydrogens (tertiary/aromatic N) is 3. The van der Waals surface area contributed by atoms with Gasteiger partial charge >= 0.3 is 0 Å². The van der Waals surface area contributed by atoms with E-state index in [1.807, 2.05) is 24.1 Å². The number of halogens is 1. The molecule has 122 valence electrons. The number of thiocarbonyl (C=S) groups is 1. The molecule has 1 N–H and O–H groups in total. The van der Waals surface area contributed by atoms with E-state index in [9.17, 15) is 4.79 Å². The van der Waals surface area contributed by atoms with Crippen molar-refractivity contribution in [2.45, 2.75) is 19.3 Å². The summed E-state index contributed by atoms with van der Waals surface area (Å²) in [6, 6.07) is 3.68. The highest BCUT2D eigenvalue weighted by Gasteiger charge is 2.26. The minimum absolute atomic E-state index is 0.0164. The van der Waals surface area contributed by atoms with Gasteiger partial charge in [0.1, 0.15) is 0 Å². The van der Waals surface area contributed by atoms with E-state index in [4.69, 9.17) is 34.0 Å². The Morgan fingerprint density at radius 2 is 2.48 bits per heavy atom. The molecule has 0 aromatic carbocycles. The standard InChI is InChI=1S/C15H17ClN4O2S/c1-20-14-12(6-3-7-18-14)22-8-10(15(20)23)4-2-5-11(21)13(17)19-9-16/h3,6-7,9-10,17H,2,4-5,8H2,1H3/t10-/m0/s1. The molecule has 8 heteroatoms. The summed E-state index contributed by atoms with van der Waals surface area (Å²) < 4.78 is 5.79. The molecule has 0 bridgehead atoms. The Morgan fingerprint density at radius 1 is 1.70 bits per heavy atom. The van der Waals surface area contributed by atoms with Crippen LogP contribution in [0.3, 0.4) is 0 Å². The van der Waals surface area contributed by atoms with Crippen molar-refractivity contribution in [3.63, 3.8) is 0 Å². The van der Waals surface area contributed by atoms with E-state index in [-0.39, 0.29) is 24.0 Å². The van der Waals surface area contributed by atoms with Crippen LogP contribution >= 0.6 is 23.8 Å². The average molecular weight is 353 g/mol. The van der Waals surface area contributed by atoms with E-state index in [2.05, 4.69) is 9.98 Å². The fraction of sp³-hybridized carbons (Fsp3) is 0.400. The lowest BCUT2D eigenvalue weighted by molar-refractivity contribution is -0.113. The zero-order valence-electron chi connectivity index (χ0n) is 12.7. The topological polar surface area (TPSA) is 78.6 Å². The molecule has 1 atom stereocenters. The molecular formula is C15H17ClN4O2S. The van der Waals surface area contributed by atoms with Gasteiger partial charge in [-0.1, -0.05) is 23.8 Å². The molecule has 0 spiro atoms. The number of carbonyl (C=O) groups excluding carboxylic acids is 1. The predicted molar refractivity (Wildman–Crippen MR) is 95.2 cm³/mol. The minimum Gasteiger partial charge on any atom is -0.489 e. The number of aliphatic imine (C=N–C) groups is 1. The summed E-state index contributed by atoms with van der Waals surface area (Å²) in [5.74, 6) is 0.764. The second-order valence-corrected chi connectivity index (χ2v) is 5.73. The van der Waals surface area contributed by atoms with Gasteiger partial charge in [-0.05, 0) is 25.0 Å². The van der Waals surface area contributed by atoms with Gasteiger partial charge in [0, 0.05) is 25.6 Å². The van der Waals surface area contributed by atoms with Crippen LogP contribution in [0.4, 0.5) is 5.82 Å². The highest BCUT2D eigenvalue weighted by atomic mass is 35.5. The van der Waals surface area contributed by atoms with E-state index in [0.717, 1.165) is 10.7 Å². The molecule has 1 aliphatic rings. The second-order valence-electron chi connectivity index (χ2n) is 5.12. The molecule has 1 aromatic rings. The molecule has 0 amide bonds. The largest absolute Gasteiger partial charge is 0.489 e. The molecule has 0 fully saturated rings. The van der Waals surface area contributed by atoms with E-state index in [1.165, 1.54) is 0 Å². The second kappa shape index (κ2) is 8.12. The number of anilines is 1. The summed E-state index contributed by atoms with van der Waals surface area (Å²) in [6.07, 6.45) is 3.23. The Morgan fingerprint density at radius 3 is 3.22 bits per heavy atom. The number of amidine groups is 1. The van der Waals surface area contributed by atoms with Crippen LogP contribution in [0.2, 0.25) is 0 Å². The smallest absolute Gasteiger partial charge is 0.199 e. The van der Waals surface area contributed by atoms with Crippen molar-refractivity contribution in [3.8, 4) is 5.75 Å². The van der Waals surface area contributed by atoms with Crippen molar-refractivity contribution in [2.24, 2.45) is 10.9 Å². The molecule has 0 aliphatic carbocycles. The predicted octanol–water partition coefficient (Wildman–Crippen LogP) is 2.84. The number of pyridine rings is 1. The maximum Gasteiger partial charge on any atom is 0.199 e. The van der Waals surface area contributed by atoms with E-state index >= 15 is 0 Å². The van der Waals surface area contributed by atoms with Gasteiger partial charge in [-0.25, -0.2) is 9.98 Å². The number of nitrogens with one attached hydrogen (secondary N) is 1. The lowest BCUT2D eigenvalue weighted by Gasteiger charge is -2.21. The maximum atomic E-state index is 11.7. The van der Waals surface area contributed by atoms with Crippen molar-refractivity contribution >= 4 is 51.9 Å². The highest BCUT2D eigenvalue weighted by Crippen LogP contribution is 2.30. The van der Waals surface area contributed by atoms with Crippen LogP contribution in [-0.2, 0) is 4.79 Å². The summed E-state index contributed by atoms with van der Waals surface area (Å²) in [5.41, 5.74) is 0.924. The van der Waals surface area contributed by atoms with Gasteiger partial charge in [-0.3, -0.25) is 10.2 Å². The van der Waals surface area contributed by atoms with Crippen LogP contribution in [0.25, 0.3) is 0 Å². The van der Waals surface area contributed by atoms with Crippen molar-refractivity contribution in [3.05, 3.63) is 18.3 Å². The lowest BCUT2D eigenvalue weighted by Crippen LogP contribution is -2.32. The first-order valence-corrected chi connectivity index (χ1v) is 7.99. The summed E-state index contributed by atoms with van der Waals surface area (Å²) in [5, 5.41) is 7.41. The zero-order valence-corrected chi connectivity index (χ0v) is 14.2. The monoisotopic (exact) mass is 352 g/mol. The number of ketones is 1. The number of aromatic nitrogens is 1. The molecule has 0 saturated heterocycles. The van der Waals surface area contributed by atoms with Gasteiger partial charge in [-0.15, -0.1) is 0 Å². The van der Waals surface area contributed by atoms with Gasteiger partial charge in [0.2, 0.25) is 0 Å². The molecule has 2 rings (SSSR count). The molecule has 6 nitrogen and oxygen atoms in total. The summed E-state index contributed by atoms with van der Waals surface area (Å²) in [6.45, 7) is 0.452. The quantitative estimate of drug-likeness (QED) is 0.501. The van der Waals surface area contributed by atoms with Crippen molar-refractivity contribution < 1.29 is 9.53 Å². The number of Topliss-reactive ketones (excluding diaryl/α,β-unsaturated/α-hetero) is 1. The fourth-order valence-corrected chi connectivity index (χ4v) is 2.71. The van der Waals surface area contributed by atoms with Gasteiger partial charge in [0.05, 0.1) is 17.3 Å². The number of fused-ring (bicyclic) bond motifs is 1. The number of ether oxygens (including phenoxy) is 1. The number of hydrogen-bond acceptors (Lipinski definition) is 5. The normalized spacial score (nSPS) is 17.6. The zero-order chi connectivity index (χ0) is 16.8. The van der Waals surface area contributed by atoms with E-state index in [1.54, 1.807) is 6.20 Å². The summed E-state index contributed by atoms with van der Waals surface area (Å²) >= 11 is 10.8. The molecular weight excluding hydrogens is 336 g/mol. The Balaban J connectivity index is 1.94. The average Bonchev–Trinajstić information content (AvgIpc) is 2.67. The van der Waals surface area contributed by atoms with Crippen LogP contribution < -0.4 is 9.64 Å². The van der Waals surface area contributed by atoms with Crippen molar-refractivity contribution in [1.82, 2.24) is 4.98 Å². The van der Waals surface area contributed by atoms with Crippen molar-refractivity contribution in [2.75, 3.05) is 18.6 Å². The number of carbonyl (C=O) groups is 1.